The standard InChI is InChI=1S/C7H13N/c1-3-4-5-6-7-8-2/h3-6,8H,7H2,1-2H3/b4-3+,6-5+. The van der Waals surface area contributed by atoms with Crippen LogP contribution in [-0.4, -0.2) is 13.6 Å². The second-order valence-corrected chi connectivity index (χ2v) is 1.51. The van der Waals surface area contributed by atoms with Gasteiger partial charge >= 0.3 is 0 Å². The first-order valence-electron chi connectivity index (χ1n) is 2.84. The number of allylic oxidation sites excluding steroid dienone is 3. The fourth-order valence-corrected chi connectivity index (χ4v) is 0.376. The van der Waals surface area contributed by atoms with Gasteiger partial charge in [0.15, 0.2) is 0 Å². The second-order valence-electron chi connectivity index (χ2n) is 1.51. The Morgan fingerprint density at radius 3 is 2.62 bits per heavy atom. The molecule has 0 unspecified atom stereocenters. The molecule has 0 radical (unpaired) electrons. The monoisotopic (exact) mass is 111 g/mol. The van der Waals surface area contributed by atoms with Crippen molar-refractivity contribution < 1.29 is 0 Å². The average Bonchev–Trinajstić information content (AvgIpc) is 1.81. The minimum atomic E-state index is 0.949. The van der Waals surface area contributed by atoms with Crippen LogP contribution in [0.3, 0.4) is 0 Å². The van der Waals surface area contributed by atoms with Gasteiger partial charge in [-0.15, -0.1) is 0 Å². The van der Waals surface area contributed by atoms with E-state index < -0.39 is 0 Å². The smallest absolute Gasteiger partial charge is 0.0134 e. The van der Waals surface area contributed by atoms with E-state index in [2.05, 4.69) is 11.4 Å². The zero-order chi connectivity index (χ0) is 6.24. The van der Waals surface area contributed by atoms with Gasteiger partial charge in [0.25, 0.3) is 0 Å². The maximum absolute atomic E-state index is 3.01. The van der Waals surface area contributed by atoms with Crippen LogP contribution in [0, 0.1) is 0 Å². The fourth-order valence-electron chi connectivity index (χ4n) is 0.376. The van der Waals surface area contributed by atoms with E-state index in [1.807, 2.05) is 32.2 Å². The molecule has 46 valence electrons. The molecule has 0 fully saturated rings. The highest BCUT2D eigenvalue weighted by molar-refractivity contribution is 5.01. The van der Waals surface area contributed by atoms with Gasteiger partial charge in [-0.05, 0) is 14.0 Å². The van der Waals surface area contributed by atoms with Crippen molar-refractivity contribution in [2.75, 3.05) is 13.6 Å². The molecule has 0 heterocycles. The second kappa shape index (κ2) is 6.44. The Bertz CT molecular complexity index is 82.4. The summed E-state index contributed by atoms with van der Waals surface area (Å²) in [7, 11) is 1.93. The first-order chi connectivity index (χ1) is 3.91. The minimum absolute atomic E-state index is 0.949. The van der Waals surface area contributed by atoms with Gasteiger partial charge in [-0.1, -0.05) is 24.3 Å². The molecule has 1 heteroatoms. The summed E-state index contributed by atoms with van der Waals surface area (Å²) in [5, 5.41) is 3.01. The number of hydrogen-bond acceptors (Lipinski definition) is 1. The largest absolute Gasteiger partial charge is 0.316 e. The Morgan fingerprint density at radius 1 is 1.38 bits per heavy atom. The summed E-state index contributed by atoms with van der Waals surface area (Å²) < 4.78 is 0. The molecule has 8 heavy (non-hydrogen) atoms. The highest BCUT2D eigenvalue weighted by Gasteiger charge is 1.64. The summed E-state index contributed by atoms with van der Waals surface area (Å²) in [6.45, 7) is 2.95. The third kappa shape index (κ3) is 5.44. The topological polar surface area (TPSA) is 12.0 Å². The Hall–Kier alpha value is -0.560. The quantitative estimate of drug-likeness (QED) is 0.542. The van der Waals surface area contributed by atoms with Crippen molar-refractivity contribution in [3.63, 3.8) is 0 Å². The summed E-state index contributed by atoms with van der Waals surface area (Å²) in [4.78, 5) is 0. The summed E-state index contributed by atoms with van der Waals surface area (Å²) in [5.41, 5.74) is 0. The van der Waals surface area contributed by atoms with Crippen LogP contribution in [0.4, 0.5) is 0 Å². The third-order valence-electron chi connectivity index (χ3n) is 0.762. The zero-order valence-corrected chi connectivity index (χ0v) is 5.52. The molecule has 0 spiro atoms. The van der Waals surface area contributed by atoms with Gasteiger partial charge in [0.2, 0.25) is 0 Å². The molecule has 0 aromatic carbocycles. The summed E-state index contributed by atoms with van der Waals surface area (Å²) in [5.74, 6) is 0. The van der Waals surface area contributed by atoms with Gasteiger partial charge in [-0.25, -0.2) is 0 Å². The van der Waals surface area contributed by atoms with Gasteiger partial charge in [0.1, 0.15) is 0 Å². The molecule has 0 saturated heterocycles. The lowest BCUT2D eigenvalue weighted by Crippen LogP contribution is -2.03. The van der Waals surface area contributed by atoms with Crippen LogP contribution in [0.5, 0.6) is 0 Å². The van der Waals surface area contributed by atoms with E-state index in [1.165, 1.54) is 0 Å². The van der Waals surface area contributed by atoms with E-state index in [0.717, 1.165) is 6.54 Å². The van der Waals surface area contributed by atoms with Crippen LogP contribution in [0.2, 0.25) is 0 Å². The maximum Gasteiger partial charge on any atom is 0.0134 e. The van der Waals surface area contributed by atoms with Gasteiger partial charge in [0, 0.05) is 6.54 Å². The molecule has 0 aromatic heterocycles. The van der Waals surface area contributed by atoms with Gasteiger partial charge in [-0.3, -0.25) is 0 Å². The van der Waals surface area contributed by atoms with Crippen LogP contribution in [0.25, 0.3) is 0 Å². The van der Waals surface area contributed by atoms with Crippen molar-refractivity contribution in [1.29, 1.82) is 0 Å². The van der Waals surface area contributed by atoms with Crippen LogP contribution in [0.1, 0.15) is 6.92 Å². The predicted molar refractivity (Wildman–Crippen MR) is 37.9 cm³/mol. The lowest BCUT2D eigenvalue weighted by molar-refractivity contribution is 0.920. The molecular weight excluding hydrogens is 98.1 g/mol. The van der Waals surface area contributed by atoms with Gasteiger partial charge in [0.05, 0.1) is 0 Å². The van der Waals surface area contributed by atoms with Gasteiger partial charge < -0.3 is 5.32 Å². The normalized spacial score (nSPS) is 11.8. The van der Waals surface area contributed by atoms with Crippen LogP contribution in [-0.2, 0) is 0 Å². The van der Waals surface area contributed by atoms with E-state index in [-0.39, 0.29) is 0 Å². The van der Waals surface area contributed by atoms with Crippen molar-refractivity contribution in [2.45, 2.75) is 6.92 Å². The lowest BCUT2D eigenvalue weighted by atomic mass is 10.4. The van der Waals surface area contributed by atoms with Gasteiger partial charge in [-0.2, -0.15) is 0 Å². The highest BCUT2D eigenvalue weighted by atomic mass is 14.8. The Balaban J connectivity index is 3.07. The molecule has 0 aliphatic heterocycles. The SMILES string of the molecule is C/C=C/C=C/CNC. The number of likely N-dealkylation sites (N-methyl/N-ethyl adjacent to an activating group) is 1. The molecule has 0 amide bonds. The first-order valence-corrected chi connectivity index (χ1v) is 2.84. The molecule has 0 aliphatic carbocycles. The molecule has 0 aliphatic rings. The Kier molecular flexibility index (Phi) is 5.99. The molecule has 1 N–H and O–H groups in total. The molecular formula is C7H13N. The zero-order valence-electron chi connectivity index (χ0n) is 5.52. The molecule has 0 aromatic rings. The third-order valence-corrected chi connectivity index (χ3v) is 0.762. The minimum Gasteiger partial charge on any atom is -0.316 e. The molecule has 0 atom stereocenters. The molecule has 1 nitrogen and oxygen atoms in total. The molecule has 0 saturated carbocycles. The van der Waals surface area contributed by atoms with E-state index in [4.69, 9.17) is 0 Å². The molecule has 0 bridgehead atoms. The summed E-state index contributed by atoms with van der Waals surface area (Å²) >= 11 is 0. The molecule has 0 rings (SSSR count). The van der Waals surface area contributed by atoms with Crippen molar-refractivity contribution >= 4 is 0 Å². The van der Waals surface area contributed by atoms with E-state index in [9.17, 15) is 0 Å². The van der Waals surface area contributed by atoms with Crippen molar-refractivity contribution in [2.24, 2.45) is 0 Å². The van der Waals surface area contributed by atoms with Crippen LogP contribution >= 0.6 is 0 Å². The van der Waals surface area contributed by atoms with E-state index in [0.29, 0.717) is 0 Å². The van der Waals surface area contributed by atoms with Crippen molar-refractivity contribution in [3.05, 3.63) is 24.3 Å². The van der Waals surface area contributed by atoms with Crippen LogP contribution < -0.4 is 5.32 Å². The summed E-state index contributed by atoms with van der Waals surface area (Å²) in [6.07, 6.45) is 8.11. The van der Waals surface area contributed by atoms with E-state index in [1.54, 1.807) is 0 Å². The predicted octanol–water partition coefficient (Wildman–Crippen LogP) is 1.34. The average molecular weight is 111 g/mol. The number of rotatable bonds is 3. The highest BCUT2D eigenvalue weighted by Crippen LogP contribution is 1.72. The lowest BCUT2D eigenvalue weighted by Gasteiger charge is -1.82. The Labute approximate surface area is 51.1 Å². The fraction of sp³-hybridized carbons (Fsp3) is 0.429. The number of nitrogens with one attached hydrogen (secondary N) is 1. The summed E-state index contributed by atoms with van der Waals surface area (Å²) in [6, 6.07) is 0. The first kappa shape index (κ1) is 7.44. The van der Waals surface area contributed by atoms with E-state index >= 15 is 0 Å². The maximum atomic E-state index is 3.01. The van der Waals surface area contributed by atoms with Crippen molar-refractivity contribution in [3.8, 4) is 0 Å². The number of hydrogen-bond donors (Lipinski definition) is 1. The Morgan fingerprint density at radius 2 is 2.12 bits per heavy atom. The van der Waals surface area contributed by atoms with Crippen LogP contribution in [0.15, 0.2) is 24.3 Å². The van der Waals surface area contributed by atoms with Crippen molar-refractivity contribution in [1.82, 2.24) is 5.32 Å².